The quantitative estimate of drug-likeness (QED) is 0.761. The number of rotatable bonds is 5. The van der Waals surface area contributed by atoms with Crippen molar-refractivity contribution in [2.75, 3.05) is 27.2 Å². The monoisotopic (exact) mass is 369 g/mol. The minimum Gasteiger partial charge on any atom is -0.316 e. The van der Waals surface area contributed by atoms with Crippen LogP contribution in [0.2, 0.25) is 0 Å². The van der Waals surface area contributed by atoms with E-state index in [0.29, 0.717) is 13.1 Å². The third-order valence-electron chi connectivity index (χ3n) is 3.60. The smallest absolute Gasteiger partial charge is 0.243 e. The standard InChI is InChI=1S/C12H19N3O4S2.ClH/c1-13-10-7-8-15(9-10)21(18,19)12-5-3-11(4-6-12)20(16,17)14-2;/h3-6,10,13-14H,7-9H2,1-2H3;1H. The Hall–Kier alpha value is -0.710. The SMILES string of the molecule is CNC1CCN(S(=O)(=O)c2ccc(S(=O)(=O)NC)cc2)C1.Cl. The number of hydrogen-bond donors (Lipinski definition) is 2. The maximum atomic E-state index is 12.5. The fraction of sp³-hybridized carbons (Fsp3) is 0.500. The molecule has 0 aromatic heterocycles. The number of sulfonamides is 2. The average Bonchev–Trinajstić information content (AvgIpc) is 2.97. The van der Waals surface area contributed by atoms with Crippen molar-refractivity contribution in [3.05, 3.63) is 24.3 Å². The summed E-state index contributed by atoms with van der Waals surface area (Å²) in [5, 5.41) is 3.06. The van der Waals surface area contributed by atoms with Crippen LogP contribution >= 0.6 is 12.4 Å². The Labute approximate surface area is 137 Å². The van der Waals surface area contributed by atoms with Crippen LogP contribution < -0.4 is 10.0 Å². The van der Waals surface area contributed by atoms with Gasteiger partial charge in [0.1, 0.15) is 0 Å². The van der Waals surface area contributed by atoms with E-state index in [2.05, 4.69) is 10.0 Å². The second kappa shape index (κ2) is 7.24. The highest BCUT2D eigenvalue weighted by Gasteiger charge is 2.31. The molecular formula is C12H20ClN3O4S2. The molecule has 0 spiro atoms. The van der Waals surface area contributed by atoms with Crippen LogP contribution in [0.1, 0.15) is 6.42 Å². The predicted molar refractivity (Wildman–Crippen MR) is 86.2 cm³/mol. The van der Waals surface area contributed by atoms with Gasteiger partial charge in [-0.05, 0) is 44.8 Å². The van der Waals surface area contributed by atoms with Crippen molar-refractivity contribution in [2.45, 2.75) is 22.3 Å². The van der Waals surface area contributed by atoms with Crippen molar-refractivity contribution in [1.82, 2.24) is 14.3 Å². The molecule has 0 bridgehead atoms. The van der Waals surface area contributed by atoms with Gasteiger partial charge >= 0.3 is 0 Å². The van der Waals surface area contributed by atoms with Gasteiger partial charge in [0.05, 0.1) is 9.79 Å². The maximum absolute atomic E-state index is 12.5. The summed E-state index contributed by atoms with van der Waals surface area (Å²) >= 11 is 0. The first kappa shape index (κ1) is 19.3. The molecule has 2 N–H and O–H groups in total. The van der Waals surface area contributed by atoms with Crippen LogP contribution in [0.25, 0.3) is 0 Å². The molecule has 1 aromatic carbocycles. The lowest BCUT2D eigenvalue weighted by Crippen LogP contribution is -2.33. The second-order valence-electron chi connectivity index (χ2n) is 4.82. The van der Waals surface area contributed by atoms with Crippen LogP contribution in [0.3, 0.4) is 0 Å². The van der Waals surface area contributed by atoms with E-state index in [4.69, 9.17) is 0 Å². The number of halogens is 1. The minimum absolute atomic E-state index is 0. The van der Waals surface area contributed by atoms with E-state index in [-0.39, 0.29) is 28.2 Å². The van der Waals surface area contributed by atoms with Crippen molar-refractivity contribution in [2.24, 2.45) is 0 Å². The molecule has 0 saturated carbocycles. The predicted octanol–water partition coefficient (Wildman–Crippen LogP) is -0.00110. The molecule has 126 valence electrons. The lowest BCUT2D eigenvalue weighted by atomic mass is 10.3. The average molecular weight is 370 g/mol. The summed E-state index contributed by atoms with van der Waals surface area (Å²) in [5.41, 5.74) is 0. The van der Waals surface area contributed by atoms with Crippen LogP contribution in [0.15, 0.2) is 34.1 Å². The molecule has 7 nitrogen and oxygen atoms in total. The van der Waals surface area contributed by atoms with Crippen LogP contribution in [-0.2, 0) is 20.0 Å². The molecule has 1 aliphatic heterocycles. The minimum atomic E-state index is -3.57. The highest BCUT2D eigenvalue weighted by Crippen LogP contribution is 2.22. The molecule has 0 radical (unpaired) electrons. The fourth-order valence-electron chi connectivity index (χ4n) is 2.24. The normalized spacial score (nSPS) is 19.8. The van der Waals surface area contributed by atoms with Gasteiger partial charge in [-0.3, -0.25) is 0 Å². The highest BCUT2D eigenvalue weighted by atomic mass is 35.5. The van der Waals surface area contributed by atoms with E-state index in [1.165, 1.54) is 35.6 Å². The molecule has 2 rings (SSSR count). The van der Waals surface area contributed by atoms with E-state index < -0.39 is 20.0 Å². The summed E-state index contributed by atoms with van der Waals surface area (Å²) in [4.78, 5) is 0.146. The van der Waals surface area contributed by atoms with Gasteiger partial charge in [-0.25, -0.2) is 21.6 Å². The van der Waals surface area contributed by atoms with Gasteiger partial charge in [-0.15, -0.1) is 12.4 Å². The van der Waals surface area contributed by atoms with Crippen molar-refractivity contribution >= 4 is 32.5 Å². The number of hydrogen-bond acceptors (Lipinski definition) is 5. The van der Waals surface area contributed by atoms with Crippen LogP contribution in [0.4, 0.5) is 0 Å². The lowest BCUT2D eigenvalue weighted by Gasteiger charge is -2.16. The Morgan fingerprint density at radius 2 is 1.59 bits per heavy atom. The molecule has 1 fully saturated rings. The van der Waals surface area contributed by atoms with Crippen LogP contribution in [0, 0.1) is 0 Å². The summed E-state index contributed by atoms with van der Waals surface area (Å²) in [5.74, 6) is 0. The largest absolute Gasteiger partial charge is 0.316 e. The Balaban J connectivity index is 0.00000242. The van der Waals surface area contributed by atoms with Crippen LogP contribution in [-0.4, -0.2) is 54.4 Å². The van der Waals surface area contributed by atoms with Crippen molar-refractivity contribution in [1.29, 1.82) is 0 Å². The molecular weight excluding hydrogens is 350 g/mol. The molecule has 1 aromatic rings. The van der Waals surface area contributed by atoms with E-state index >= 15 is 0 Å². The summed E-state index contributed by atoms with van der Waals surface area (Å²) in [6.45, 7) is 0.889. The number of nitrogens with zero attached hydrogens (tertiary/aromatic N) is 1. The number of likely N-dealkylation sites (N-methyl/N-ethyl adjacent to an activating group) is 1. The molecule has 1 heterocycles. The van der Waals surface area contributed by atoms with Gasteiger partial charge in [0.15, 0.2) is 0 Å². The lowest BCUT2D eigenvalue weighted by molar-refractivity contribution is 0.464. The number of nitrogens with one attached hydrogen (secondary N) is 2. The summed E-state index contributed by atoms with van der Waals surface area (Å²) in [6.07, 6.45) is 0.766. The van der Waals surface area contributed by atoms with Gasteiger partial charge in [0.25, 0.3) is 0 Å². The Kier molecular flexibility index (Phi) is 6.36. The van der Waals surface area contributed by atoms with Gasteiger partial charge < -0.3 is 5.32 Å². The van der Waals surface area contributed by atoms with E-state index in [9.17, 15) is 16.8 Å². The van der Waals surface area contributed by atoms with E-state index in [0.717, 1.165) is 6.42 Å². The Morgan fingerprint density at radius 3 is 2.05 bits per heavy atom. The third kappa shape index (κ3) is 3.79. The Morgan fingerprint density at radius 1 is 1.05 bits per heavy atom. The second-order valence-corrected chi connectivity index (χ2v) is 8.64. The van der Waals surface area contributed by atoms with Gasteiger partial charge in [0, 0.05) is 19.1 Å². The van der Waals surface area contributed by atoms with Crippen molar-refractivity contribution < 1.29 is 16.8 Å². The molecule has 1 saturated heterocycles. The molecule has 1 unspecified atom stereocenters. The highest BCUT2D eigenvalue weighted by molar-refractivity contribution is 7.89. The zero-order valence-electron chi connectivity index (χ0n) is 12.3. The maximum Gasteiger partial charge on any atom is 0.243 e. The van der Waals surface area contributed by atoms with Crippen molar-refractivity contribution in [3.8, 4) is 0 Å². The van der Waals surface area contributed by atoms with E-state index in [1.54, 1.807) is 7.05 Å². The summed E-state index contributed by atoms with van der Waals surface area (Å²) in [6, 6.07) is 5.40. The topological polar surface area (TPSA) is 95.6 Å². The van der Waals surface area contributed by atoms with Gasteiger partial charge in [-0.1, -0.05) is 0 Å². The molecule has 1 atom stereocenters. The first-order valence-electron chi connectivity index (χ1n) is 6.52. The Bertz CT molecular complexity index is 704. The third-order valence-corrected chi connectivity index (χ3v) is 6.91. The fourth-order valence-corrected chi connectivity index (χ4v) is 4.47. The number of benzene rings is 1. The first-order valence-corrected chi connectivity index (χ1v) is 9.44. The van der Waals surface area contributed by atoms with Crippen molar-refractivity contribution in [3.63, 3.8) is 0 Å². The van der Waals surface area contributed by atoms with E-state index in [1.807, 2.05) is 0 Å². The molecule has 10 heteroatoms. The zero-order valence-corrected chi connectivity index (χ0v) is 14.8. The molecule has 0 aliphatic carbocycles. The van der Waals surface area contributed by atoms with Gasteiger partial charge in [0.2, 0.25) is 20.0 Å². The molecule has 0 amide bonds. The van der Waals surface area contributed by atoms with Crippen LogP contribution in [0.5, 0.6) is 0 Å². The summed E-state index contributed by atoms with van der Waals surface area (Å²) in [7, 11) is -4.02. The zero-order chi connectivity index (χ0) is 15.7. The molecule has 1 aliphatic rings. The molecule has 22 heavy (non-hydrogen) atoms. The first-order chi connectivity index (χ1) is 9.81. The summed E-state index contributed by atoms with van der Waals surface area (Å²) < 4.78 is 51.8. The van der Waals surface area contributed by atoms with Gasteiger partial charge in [-0.2, -0.15) is 4.31 Å².